The Morgan fingerprint density at radius 2 is 1.55 bits per heavy atom. The van der Waals surface area contributed by atoms with Crippen molar-refractivity contribution < 1.29 is 24.2 Å². The second kappa shape index (κ2) is 10.5. The number of carboxylic acids is 1. The van der Waals surface area contributed by atoms with Crippen molar-refractivity contribution in [2.45, 2.75) is 52.0 Å². The van der Waals surface area contributed by atoms with Gasteiger partial charge in [-0.15, -0.1) is 0 Å². The summed E-state index contributed by atoms with van der Waals surface area (Å²) in [6.45, 7) is 6.13. The number of amides is 2. The number of carbonyl (C=O) groups is 3. The van der Waals surface area contributed by atoms with Gasteiger partial charge in [-0.3, -0.25) is 9.59 Å². The monoisotopic (exact) mass is 452 g/mol. The number of ether oxygens (including phenoxy) is 1. The van der Waals surface area contributed by atoms with Crippen LogP contribution in [0.3, 0.4) is 0 Å². The number of aliphatic carboxylic acids is 1. The quantitative estimate of drug-likeness (QED) is 0.492. The molecule has 0 radical (unpaired) electrons. The zero-order valence-electron chi connectivity index (χ0n) is 19.4. The van der Waals surface area contributed by atoms with Crippen molar-refractivity contribution in [2.24, 2.45) is 5.41 Å². The number of benzene rings is 2. The third-order valence-electron chi connectivity index (χ3n) is 5.85. The Hall–Kier alpha value is -3.35. The van der Waals surface area contributed by atoms with Crippen molar-refractivity contribution in [1.82, 2.24) is 10.6 Å². The first kappa shape index (κ1) is 24.3. The number of carbonyl (C=O) groups excluding carboxylic acids is 2. The van der Waals surface area contributed by atoms with E-state index in [0.717, 1.165) is 22.3 Å². The van der Waals surface area contributed by atoms with Crippen LogP contribution in [0.25, 0.3) is 11.1 Å². The lowest BCUT2D eigenvalue weighted by Gasteiger charge is -2.30. The van der Waals surface area contributed by atoms with E-state index in [9.17, 15) is 14.4 Å². The van der Waals surface area contributed by atoms with Crippen molar-refractivity contribution in [2.75, 3.05) is 13.2 Å². The minimum absolute atomic E-state index is 0.0562. The molecule has 2 aromatic rings. The van der Waals surface area contributed by atoms with E-state index in [1.807, 2.05) is 45.0 Å². The summed E-state index contributed by atoms with van der Waals surface area (Å²) in [4.78, 5) is 36.0. The number of hydrogen-bond donors (Lipinski definition) is 3. The van der Waals surface area contributed by atoms with Crippen LogP contribution in [-0.4, -0.2) is 42.3 Å². The van der Waals surface area contributed by atoms with Crippen LogP contribution in [0, 0.1) is 5.41 Å². The average molecular weight is 453 g/mol. The van der Waals surface area contributed by atoms with E-state index in [4.69, 9.17) is 9.84 Å². The van der Waals surface area contributed by atoms with Crippen molar-refractivity contribution in [1.29, 1.82) is 0 Å². The van der Waals surface area contributed by atoms with Crippen LogP contribution < -0.4 is 10.6 Å². The largest absolute Gasteiger partial charge is 0.481 e. The minimum Gasteiger partial charge on any atom is -0.481 e. The number of nitrogens with one attached hydrogen (secondary N) is 2. The van der Waals surface area contributed by atoms with Gasteiger partial charge in [0.1, 0.15) is 12.6 Å². The molecular weight excluding hydrogens is 420 g/mol. The van der Waals surface area contributed by atoms with E-state index in [-0.39, 0.29) is 24.9 Å². The molecule has 176 valence electrons. The molecule has 0 aliphatic heterocycles. The van der Waals surface area contributed by atoms with Gasteiger partial charge in [-0.1, -0.05) is 69.3 Å². The highest BCUT2D eigenvalue weighted by molar-refractivity contribution is 5.86. The lowest BCUT2D eigenvalue weighted by Crippen LogP contribution is -2.53. The van der Waals surface area contributed by atoms with Crippen molar-refractivity contribution in [3.63, 3.8) is 0 Å². The van der Waals surface area contributed by atoms with E-state index in [1.165, 1.54) is 0 Å². The summed E-state index contributed by atoms with van der Waals surface area (Å²) in [5, 5.41) is 14.2. The highest BCUT2D eigenvalue weighted by Crippen LogP contribution is 2.44. The van der Waals surface area contributed by atoms with E-state index in [2.05, 4.69) is 34.9 Å². The summed E-state index contributed by atoms with van der Waals surface area (Å²) in [5.74, 6) is -1.23. The molecule has 7 nitrogen and oxygen atoms in total. The molecule has 0 saturated heterocycles. The van der Waals surface area contributed by atoms with Crippen LogP contribution in [0.5, 0.6) is 0 Å². The van der Waals surface area contributed by atoms with E-state index in [0.29, 0.717) is 19.4 Å². The minimum atomic E-state index is -0.856. The summed E-state index contributed by atoms with van der Waals surface area (Å²) >= 11 is 0. The molecule has 0 bridgehead atoms. The summed E-state index contributed by atoms with van der Waals surface area (Å²) in [5.41, 5.74) is 4.02. The molecule has 1 aliphatic rings. The number of rotatable bonds is 9. The maximum absolute atomic E-state index is 12.7. The van der Waals surface area contributed by atoms with Gasteiger partial charge in [-0.25, -0.2) is 4.79 Å². The summed E-state index contributed by atoms with van der Waals surface area (Å²) in [6.07, 6.45) is 0.462. The van der Waals surface area contributed by atoms with E-state index in [1.54, 1.807) is 0 Å². The molecule has 1 unspecified atom stereocenters. The average Bonchev–Trinajstić information content (AvgIpc) is 3.08. The fraction of sp³-hybridized carbons (Fsp3) is 0.423. The van der Waals surface area contributed by atoms with Gasteiger partial charge in [-0.2, -0.15) is 0 Å². The number of alkyl carbamates (subject to hydrolysis) is 1. The highest BCUT2D eigenvalue weighted by Gasteiger charge is 2.34. The van der Waals surface area contributed by atoms with Gasteiger partial charge in [0.05, 0.1) is 0 Å². The Kier molecular flexibility index (Phi) is 7.74. The number of carboxylic acid groups (broad SMARTS) is 1. The predicted octanol–water partition coefficient (Wildman–Crippen LogP) is 4.31. The number of fused-ring (bicyclic) bond motifs is 3. The second-order valence-corrected chi connectivity index (χ2v) is 9.41. The van der Waals surface area contributed by atoms with E-state index >= 15 is 0 Å². The molecule has 0 saturated carbocycles. The first-order valence-electron chi connectivity index (χ1n) is 11.3. The number of unbranched alkanes of at least 4 members (excludes halogenated alkanes) is 1. The molecule has 1 atom stereocenters. The van der Waals surface area contributed by atoms with Gasteiger partial charge in [0.15, 0.2) is 0 Å². The first-order valence-corrected chi connectivity index (χ1v) is 11.3. The Balaban J connectivity index is 1.59. The van der Waals surface area contributed by atoms with Gasteiger partial charge in [0.25, 0.3) is 0 Å². The molecular formula is C26H32N2O5. The molecule has 3 rings (SSSR count). The molecule has 3 N–H and O–H groups in total. The van der Waals surface area contributed by atoms with E-state index < -0.39 is 23.5 Å². The number of hydrogen-bond acceptors (Lipinski definition) is 4. The third kappa shape index (κ3) is 6.12. The molecule has 0 spiro atoms. The predicted molar refractivity (Wildman–Crippen MR) is 126 cm³/mol. The fourth-order valence-corrected chi connectivity index (χ4v) is 4.15. The summed E-state index contributed by atoms with van der Waals surface area (Å²) in [7, 11) is 0. The summed E-state index contributed by atoms with van der Waals surface area (Å²) < 4.78 is 5.59. The van der Waals surface area contributed by atoms with Crippen LogP contribution in [0.1, 0.15) is 57.1 Å². The van der Waals surface area contributed by atoms with Gasteiger partial charge < -0.3 is 20.5 Å². The summed E-state index contributed by atoms with van der Waals surface area (Å²) in [6, 6.07) is 15.4. The van der Waals surface area contributed by atoms with Crippen molar-refractivity contribution in [3.8, 4) is 11.1 Å². The molecule has 0 heterocycles. The van der Waals surface area contributed by atoms with Crippen LogP contribution in [0.4, 0.5) is 4.79 Å². The molecule has 1 aliphatic carbocycles. The maximum atomic E-state index is 12.7. The Morgan fingerprint density at radius 1 is 0.970 bits per heavy atom. The topological polar surface area (TPSA) is 105 Å². The lowest BCUT2D eigenvalue weighted by molar-refractivity contribution is -0.137. The SMILES string of the molecule is CC(C)(C)C(NC(=O)OCC1c2ccccc2-c2ccccc21)C(=O)NCCCCC(=O)O. The normalized spacial score (nSPS) is 13.5. The smallest absolute Gasteiger partial charge is 0.407 e. The highest BCUT2D eigenvalue weighted by atomic mass is 16.5. The standard InChI is InChI=1S/C26H32N2O5/c1-26(2,3)23(24(31)27-15-9-8-14-22(29)30)28-25(32)33-16-21-19-12-6-4-10-17(19)18-11-5-7-13-20(18)21/h4-7,10-13,21,23H,8-9,14-16H2,1-3H3,(H,27,31)(H,28,32)(H,29,30). The zero-order valence-corrected chi connectivity index (χ0v) is 19.4. The maximum Gasteiger partial charge on any atom is 0.407 e. The zero-order chi connectivity index (χ0) is 24.0. The second-order valence-electron chi connectivity index (χ2n) is 9.41. The molecule has 33 heavy (non-hydrogen) atoms. The van der Waals surface area contributed by atoms with Gasteiger partial charge in [0.2, 0.25) is 5.91 Å². The molecule has 2 aromatic carbocycles. The molecule has 2 amide bonds. The first-order chi connectivity index (χ1) is 15.7. The van der Waals surface area contributed by atoms with Gasteiger partial charge >= 0.3 is 12.1 Å². The van der Waals surface area contributed by atoms with Crippen LogP contribution in [-0.2, 0) is 14.3 Å². The van der Waals surface area contributed by atoms with Gasteiger partial charge in [0, 0.05) is 18.9 Å². The molecule has 0 fully saturated rings. The molecule has 0 aromatic heterocycles. The van der Waals surface area contributed by atoms with Crippen LogP contribution in [0.2, 0.25) is 0 Å². The van der Waals surface area contributed by atoms with Crippen molar-refractivity contribution in [3.05, 3.63) is 59.7 Å². The van der Waals surface area contributed by atoms with Crippen LogP contribution >= 0.6 is 0 Å². The lowest BCUT2D eigenvalue weighted by atomic mass is 9.86. The Bertz CT molecular complexity index is 966. The third-order valence-corrected chi connectivity index (χ3v) is 5.85. The van der Waals surface area contributed by atoms with Crippen molar-refractivity contribution >= 4 is 18.0 Å². The fourth-order valence-electron chi connectivity index (χ4n) is 4.15. The van der Waals surface area contributed by atoms with Gasteiger partial charge in [-0.05, 0) is 40.5 Å². The molecule has 7 heteroatoms. The van der Waals surface area contributed by atoms with Crippen LogP contribution in [0.15, 0.2) is 48.5 Å². The Labute approximate surface area is 194 Å². The Morgan fingerprint density at radius 3 is 2.09 bits per heavy atom.